The van der Waals surface area contributed by atoms with Gasteiger partial charge in [-0.3, -0.25) is 0 Å². The Bertz CT molecular complexity index is 394. The number of hydrogen-bond donors (Lipinski definition) is 2. The van der Waals surface area contributed by atoms with E-state index in [1.807, 2.05) is 0 Å². The molecule has 0 unspecified atom stereocenters. The highest BCUT2D eigenvalue weighted by Gasteiger charge is 2.30. The van der Waals surface area contributed by atoms with E-state index in [4.69, 9.17) is 5.73 Å². The third-order valence-corrected chi connectivity index (χ3v) is 5.54. The first-order valence-corrected chi connectivity index (χ1v) is 7.82. The minimum absolute atomic E-state index is 0.0286. The molecule has 1 fully saturated rings. The van der Waals surface area contributed by atoms with Gasteiger partial charge in [0.15, 0.2) is 14.9 Å². The van der Waals surface area contributed by atoms with Crippen LogP contribution in [-0.2, 0) is 19.9 Å². The lowest BCUT2D eigenvalue weighted by atomic mass is 9.89. The van der Waals surface area contributed by atoms with Gasteiger partial charge in [0, 0.05) is 18.3 Å². The molecule has 0 aromatic heterocycles. The highest BCUT2D eigenvalue weighted by molar-refractivity contribution is 8.06. The van der Waals surface area contributed by atoms with Crippen molar-refractivity contribution in [2.45, 2.75) is 24.9 Å². The van der Waals surface area contributed by atoms with Crippen molar-refractivity contribution in [1.82, 2.24) is 4.72 Å². The van der Waals surface area contributed by atoms with Crippen molar-refractivity contribution in [3.8, 4) is 0 Å². The number of rotatable bonds is 4. The zero-order valence-corrected chi connectivity index (χ0v) is 9.44. The molecule has 8 heteroatoms. The molecule has 1 saturated carbocycles. The van der Waals surface area contributed by atoms with Crippen LogP contribution in [0.4, 0.5) is 0 Å². The molecule has 84 valence electrons. The summed E-state index contributed by atoms with van der Waals surface area (Å²) in [7, 11) is -7.22. The highest BCUT2D eigenvalue weighted by atomic mass is 32.3. The van der Waals surface area contributed by atoms with Crippen LogP contribution in [0, 0.1) is 0 Å². The van der Waals surface area contributed by atoms with Crippen molar-refractivity contribution in [1.29, 1.82) is 0 Å². The Morgan fingerprint density at radius 2 is 1.79 bits per heavy atom. The molecule has 0 spiro atoms. The summed E-state index contributed by atoms with van der Waals surface area (Å²) in [6.07, 6.45) is 2.03. The summed E-state index contributed by atoms with van der Waals surface area (Å²) in [6.45, 7) is 0. The Morgan fingerprint density at radius 3 is 2.14 bits per heavy atom. The van der Waals surface area contributed by atoms with E-state index in [9.17, 15) is 16.8 Å². The molecule has 0 saturated heterocycles. The van der Waals surface area contributed by atoms with Gasteiger partial charge in [-0.15, -0.1) is 0 Å². The summed E-state index contributed by atoms with van der Waals surface area (Å²) >= 11 is 0. The molecule has 0 amide bonds. The number of nitrogens with one attached hydrogen (secondary N) is 1. The molecule has 1 aliphatic rings. The fraction of sp³-hybridized carbons (Fsp3) is 1.00. The normalized spacial score (nSPS) is 28.4. The minimum atomic E-state index is -3.72. The fourth-order valence-electron chi connectivity index (χ4n) is 1.33. The van der Waals surface area contributed by atoms with Crippen LogP contribution in [0.5, 0.6) is 0 Å². The Morgan fingerprint density at radius 1 is 1.29 bits per heavy atom. The molecular weight excluding hydrogens is 228 g/mol. The van der Waals surface area contributed by atoms with Crippen molar-refractivity contribution >= 4 is 19.9 Å². The topological polar surface area (TPSA) is 106 Å². The van der Waals surface area contributed by atoms with E-state index in [2.05, 4.69) is 4.72 Å². The summed E-state index contributed by atoms with van der Waals surface area (Å²) < 4.78 is 46.3. The molecule has 0 aromatic rings. The summed E-state index contributed by atoms with van der Waals surface area (Å²) in [5.74, 6) is 0. The van der Waals surface area contributed by atoms with Gasteiger partial charge in [0.05, 0.1) is 0 Å². The van der Waals surface area contributed by atoms with Gasteiger partial charge in [-0.1, -0.05) is 0 Å². The molecule has 3 N–H and O–H groups in total. The zero-order chi connectivity index (χ0) is 11.0. The molecule has 6 nitrogen and oxygen atoms in total. The Balaban J connectivity index is 2.51. The molecule has 0 aliphatic heterocycles. The van der Waals surface area contributed by atoms with E-state index in [1.54, 1.807) is 0 Å². The molecule has 0 atom stereocenters. The smallest absolute Gasteiger partial charge is 0.226 e. The van der Waals surface area contributed by atoms with Gasteiger partial charge in [-0.2, -0.15) is 0 Å². The molecule has 0 heterocycles. The van der Waals surface area contributed by atoms with Crippen LogP contribution in [0.2, 0.25) is 0 Å². The third-order valence-electron chi connectivity index (χ3n) is 1.89. The predicted octanol–water partition coefficient (Wildman–Crippen LogP) is -1.60. The van der Waals surface area contributed by atoms with Gasteiger partial charge < -0.3 is 5.73 Å². The number of hydrogen-bond acceptors (Lipinski definition) is 5. The van der Waals surface area contributed by atoms with Crippen LogP contribution >= 0.6 is 0 Å². The van der Waals surface area contributed by atoms with E-state index in [0.717, 1.165) is 6.26 Å². The van der Waals surface area contributed by atoms with Gasteiger partial charge in [0.2, 0.25) is 10.0 Å². The number of sulfonamides is 1. The minimum Gasteiger partial charge on any atom is -0.328 e. The first kappa shape index (κ1) is 11.9. The van der Waals surface area contributed by atoms with Gasteiger partial charge >= 0.3 is 0 Å². The number of sulfone groups is 1. The van der Waals surface area contributed by atoms with Gasteiger partial charge in [0.25, 0.3) is 0 Å². The van der Waals surface area contributed by atoms with Crippen LogP contribution in [0.1, 0.15) is 12.8 Å². The maximum absolute atomic E-state index is 11.2. The largest absolute Gasteiger partial charge is 0.328 e. The number of nitrogens with two attached hydrogens (primary N) is 1. The van der Waals surface area contributed by atoms with E-state index >= 15 is 0 Å². The summed E-state index contributed by atoms with van der Waals surface area (Å²) in [4.78, 5) is 0. The SMILES string of the molecule is CS(=O)(=O)CS(=O)(=O)NC1CC(N)C1. The van der Waals surface area contributed by atoms with E-state index < -0.39 is 24.9 Å². The van der Waals surface area contributed by atoms with Gasteiger partial charge in [-0.05, 0) is 12.8 Å². The molecule has 0 aromatic carbocycles. The third kappa shape index (κ3) is 3.91. The molecule has 1 aliphatic carbocycles. The standard InChI is InChI=1S/C6H14N2O4S2/c1-13(9,10)4-14(11,12)8-6-2-5(7)3-6/h5-6,8H,2-4,7H2,1H3. The Hall–Kier alpha value is -0.180. The molecule has 1 rings (SSSR count). The fourth-order valence-corrected chi connectivity index (χ4v) is 4.56. The molecular formula is C6H14N2O4S2. The average Bonchev–Trinajstić information content (AvgIpc) is 1.76. The lowest BCUT2D eigenvalue weighted by Gasteiger charge is -2.32. The van der Waals surface area contributed by atoms with Crippen molar-refractivity contribution < 1.29 is 16.8 Å². The Kier molecular flexibility index (Phi) is 3.20. The second-order valence-electron chi connectivity index (χ2n) is 3.70. The second-order valence-corrected chi connectivity index (χ2v) is 7.96. The Labute approximate surface area is 83.8 Å². The second kappa shape index (κ2) is 3.76. The van der Waals surface area contributed by atoms with Crippen LogP contribution < -0.4 is 10.5 Å². The van der Waals surface area contributed by atoms with E-state index in [-0.39, 0.29) is 12.1 Å². The maximum atomic E-state index is 11.2. The van der Waals surface area contributed by atoms with Gasteiger partial charge in [0.1, 0.15) is 0 Å². The van der Waals surface area contributed by atoms with Crippen LogP contribution in [0.15, 0.2) is 0 Å². The van der Waals surface area contributed by atoms with Crippen LogP contribution in [0.25, 0.3) is 0 Å². The summed E-state index contributed by atoms with van der Waals surface area (Å²) in [6, 6.07) is -0.169. The van der Waals surface area contributed by atoms with Crippen molar-refractivity contribution in [3.05, 3.63) is 0 Å². The average molecular weight is 242 g/mol. The van der Waals surface area contributed by atoms with Crippen LogP contribution in [0.3, 0.4) is 0 Å². The molecule has 14 heavy (non-hydrogen) atoms. The first-order chi connectivity index (χ1) is 6.18. The highest BCUT2D eigenvalue weighted by Crippen LogP contribution is 2.18. The van der Waals surface area contributed by atoms with Crippen LogP contribution in [-0.4, -0.2) is 40.3 Å². The van der Waals surface area contributed by atoms with Gasteiger partial charge in [-0.25, -0.2) is 21.6 Å². The lowest BCUT2D eigenvalue weighted by Crippen LogP contribution is -2.51. The van der Waals surface area contributed by atoms with Crippen molar-refractivity contribution in [2.75, 3.05) is 11.3 Å². The first-order valence-electron chi connectivity index (χ1n) is 4.11. The quantitative estimate of drug-likeness (QED) is 0.617. The van der Waals surface area contributed by atoms with Crippen molar-refractivity contribution in [3.63, 3.8) is 0 Å². The summed E-state index contributed by atoms with van der Waals surface area (Å²) in [5, 5.41) is -0.855. The maximum Gasteiger partial charge on any atom is 0.226 e. The van der Waals surface area contributed by atoms with E-state index in [0.29, 0.717) is 12.8 Å². The summed E-state index contributed by atoms with van der Waals surface area (Å²) in [5.41, 5.74) is 5.46. The van der Waals surface area contributed by atoms with E-state index in [1.165, 1.54) is 0 Å². The lowest BCUT2D eigenvalue weighted by molar-refractivity contribution is 0.327. The molecule has 0 bridgehead atoms. The molecule has 0 radical (unpaired) electrons. The predicted molar refractivity (Wildman–Crippen MR) is 52.8 cm³/mol. The zero-order valence-electron chi connectivity index (χ0n) is 7.80. The van der Waals surface area contributed by atoms with Crippen molar-refractivity contribution in [2.24, 2.45) is 5.73 Å². The monoisotopic (exact) mass is 242 g/mol.